The third-order valence-corrected chi connectivity index (χ3v) is 18.5. The van der Waals surface area contributed by atoms with Gasteiger partial charge in [0.05, 0.1) is 22.4 Å². The van der Waals surface area contributed by atoms with Gasteiger partial charge < -0.3 is 14.4 Å². The Balaban J connectivity index is 0.919. The van der Waals surface area contributed by atoms with Crippen molar-refractivity contribution in [2.45, 2.75) is 0 Å². The molecule has 0 amide bonds. The van der Waals surface area contributed by atoms with Gasteiger partial charge in [-0.25, -0.2) is 0 Å². The molecule has 15 aromatic rings. The maximum atomic E-state index is 2.62. The average molecular weight is 1070 g/mol. The third kappa shape index (κ3) is 7.52. The Bertz CT molecular complexity index is 4930. The lowest BCUT2D eigenvalue weighted by Crippen LogP contribution is -2.61. The topological polar surface area (TPSA) is 11.4 Å². The second-order valence-electron chi connectivity index (χ2n) is 21.9. The normalized spacial score (nSPS) is 12.5. The maximum absolute atomic E-state index is 2.62. The number of thiophene rings is 1. The fourth-order valence-electron chi connectivity index (χ4n) is 13.7. The molecule has 0 atom stereocenters. The van der Waals surface area contributed by atoms with E-state index in [0.29, 0.717) is 0 Å². The van der Waals surface area contributed by atoms with Crippen LogP contribution >= 0.6 is 11.3 Å². The summed E-state index contributed by atoms with van der Waals surface area (Å²) in [5, 5.41) is 5.13. The van der Waals surface area contributed by atoms with E-state index in [4.69, 9.17) is 0 Å². The molecule has 17 rings (SSSR count). The zero-order valence-corrected chi connectivity index (χ0v) is 46.0. The van der Waals surface area contributed by atoms with Gasteiger partial charge in [-0.2, -0.15) is 0 Å². The molecule has 0 fully saturated rings. The van der Waals surface area contributed by atoms with Crippen molar-refractivity contribution in [1.29, 1.82) is 0 Å². The van der Waals surface area contributed by atoms with Crippen molar-refractivity contribution in [2.75, 3.05) is 9.80 Å². The average Bonchev–Trinajstić information content (AvgIpc) is 4.32. The number of nitrogens with zero attached hydrogens (tertiary/aromatic N) is 3. The Morgan fingerprint density at radius 1 is 0.265 bits per heavy atom. The van der Waals surface area contributed by atoms with Crippen LogP contribution in [0.2, 0.25) is 0 Å². The van der Waals surface area contributed by atoms with Gasteiger partial charge >= 0.3 is 0 Å². The van der Waals surface area contributed by atoms with E-state index in [1.54, 1.807) is 0 Å². The van der Waals surface area contributed by atoms with E-state index in [1.807, 2.05) is 11.3 Å². The molecule has 4 heterocycles. The summed E-state index contributed by atoms with van der Waals surface area (Å²) in [6.07, 6.45) is 0. The fraction of sp³-hybridized carbons (Fsp3) is 0. The van der Waals surface area contributed by atoms with E-state index >= 15 is 0 Å². The molecule has 5 heteroatoms. The Morgan fingerprint density at radius 2 is 0.723 bits per heavy atom. The third-order valence-electron chi connectivity index (χ3n) is 17.4. The van der Waals surface area contributed by atoms with Crippen LogP contribution in [0.3, 0.4) is 0 Å². The molecular formula is C78H50BN3S. The highest BCUT2D eigenvalue weighted by atomic mass is 32.1. The molecule has 386 valence electrons. The number of anilines is 6. The first kappa shape index (κ1) is 47.4. The zero-order valence-electron chi connectivity index (χ0n) is 45.2. The molecule has 0 saturated carbocycles. The van der Waals surface area contributed by atoms with Crippen molar-refractivity contribution < 1.29 is 0 Å². The van der Waals surface area contributed by atoms with Crippen molar-refractivity contribution in [3.05, 3.63) is 303 Å². The number of rotatable bonds is 8. The monoisotopic (exact) mass is 1070 g/mol. The molecule has 83 heavy (non-hydrogen) atoms. The van der Waals surface area contributed by atoms with Crippen LogP contribution in [-0.4, -0.2) is 11.3 Å². The summed E-state index contributed by atoms with van der Waals surface area (Å²) in [7, 11) is 0. The summed E-state index contributed by atoms with van der Waals surface area (Å²) in [6.45, 7) is -0.112. The van der Waals surface area contributed by atoms with Crippen LogP contribution < -0.4 is 26.2 Å². The first-order valence-electron chi connectivity index (χ1n) is 28.6. The van der Waals surface area contributed by atoms with E-state index in [9.17, 15) is 0 Å². The molecule has 0 bridgehead atoms. The van der Waals surface area contributed by atoms with Gasteiger partial charge in [-0.3, -0.25) is 0 Å². The summed E-state index contributed by atoms with van der Waals surface area (Å²) in [5.41, 5.74) is 25.9. The summed E-state index contributed by atoms with van der Waals surface area (Å²) in [4.78, 5) is 5.19. The van der Waals surface area contributed by atoms with E-state index in [-0.39, 0.29) is 6.71 Å². The van der Waals surface area contributed by atoms with E-state index < -0.39 is 0 Å². The van der Waals surface area contributed by atoms with E-state index in [1.165, 1.54) is 86.2 Å². The quantitative estimate of drug-likeness (QED) is 0.141. The molecule has 3 nitrogen and oxygen atoms in total. The Labute approximate surface area is 486 Å². The van der Waals surface area contributed by atoms with Gasteiger partial charge in [-0.1, -0.05) is 243 Å². The van der Waals surface area contributed by atoms with Crippen LogP contribution in [0.1, 0.15) is 0 Å². The number of hydrogen-bond acceptors (Lipinski definition) is 3. The summed E-state index contributed by atoms with van der Waals surface area (Å²) in [6, 6.07) is 113. The van der Waals surface area contributed by atoms with Crippen LogP contribution in [0, 0.1) is 0 Å². The Hall–Kier alpha value is -10.5. The number of fused-ring (bicyclic) bond motifs is 10. The van der Waals surface area contributed by atoms with Crippen molar-refractivity contribution in [3.8, 4) is 61.3 Å². The second kappa shape index (κ2) is 19.1. The van der Waals surface area contributed by atoms with Crippen molar-refractivity contribution in [2.24, 2.45) is 0 Å². The van der Waals surface area contributed by atoms with Gasteiger partial charge in [0.15, 0.2) is 0 Å². The molecule has 0 saturated heterocycles. The molecule has 2 aliphatic rings. The first-order valence-corrected chi connectivity index (χ1v) is 29.4. The molecule has 0 N–H and O–H groups in total. The highest BCUT2D eigenvalue weighted by Crippen LogP contribution is 2.52. The molecule has 2 aliphatic heterocycles. The van der Waals surface area contributed by atoms with Crippen molar-refractivity contribution in [3.63, 3.8) is 0 Å². The highest BCUT2D eigenvalue weighted by Gasteiger charge is 2.44. The summed E-state index contributed by atoms with van der Waals surface area (Å²) >= 11 is 1.87. The first-order chi connectivity index (χ1) is 41.2. The van der Waals surface area contributed by atoms with Crippen LogP contribution in [0.4, 0.5) is 34.1 Å². The molecule has 0 unspecified atom stereocenters. The summed E-state index contributed by atoms with van der Waals surface area (Å²) < 4.78 is 5.09. The van der Waals surface area contributed by atoms with Crippen LogP contribution in [0.25, 0.3) is 103 Å². The number of aromatic nitrogens is 1. The van der Waals surface area contributed by atoms with Gasteiger partial charge in [-0.05, 0) is 116 Å². The zero-order chi connectivity index (χ0) is 54.5. The predicted octanol–water partition coefficient (Wildman–Crippen LogP) is 19.6. The second-order valence-corrected chi connectivity index (χ2v) is 23.0. The Morgan fingerprint density at radius 3 is 1.39 bits per heavy atom. The van der Waals surface area contributed by atoms with Gasteiger partial charge in [0.1, 0.15) is 0 Å². The molecular weight excluding hydrogens is 1020 g/mol. The summed E-state index contributed by atoms with van der Waals surface area (Å²) in [5.74, 6) is 0. The van der Waals surface area contributed by atoms with Gasteiger partial charge in [0.2, 0.25) is 0 Å². The lowest BCUT2D eigenvalue weighted by Gasteiger charge is -2.45. The van der Waals surface area contributed by atoms with Gasteiger partial charge in [0.25, 0.3) is 6.71 Å². The maximum Gasteiger partial charge on any atom is 0.252 e. The van der Waals surface area contributed by atoms with Crippen LogP contribution in [-0.2, 0) is 0 Å². The fourth-order valence-corrected chi connectivity index (χ4v) is 14.9. The van der Waals surface area contributed by atoms with Crippen molar-refractivity contribution in [1.82, 2.24) is 4.57 Å². The molecule has 0 radical (unpaired) electrons. The number of benzene rings is 13. The van der Waals surface area contributed by atoms with E-state index in [2.05, 4.69) is 318 Å². The molecule has 13 aromatic carbocycles. The standard InChI is InChI=1S/C78H50BN3S/c1-4-20-53(21-5-1)59-26-10-14-32-68(59)81-71-35-19-36-72-77(71)79(67-47-44-58(50-74(67)81)80-69-33-15-11-27-62(69)63-28-12-16-34-70(63)80)66-46-43-56(51-38-40-52(41-39-51)57-42-45-65-64-29-13-17-37-75(64)83-76(65)49-57)48-73(66)82(72)78-60(54-22-6-2-7-23-54)30-18-31-61(78)55-24-8-3-9-25-55/h1-50H. The minimum Gasteiger partial charge on any atom is -0.311 e. The van der Waals surface area contributed by atoms with Crippen LogP contribution in [0.5, 0.6) is 0 Å². The lowest BCUT2D eigenvalue weighted by molar-refractivity contribution is 1.17. The highest BCUT2D eigenvalue weighted by molar-refractivity contribution is 7.25. The minimum atomic E-state index is -0.112. The van der Waals surface area contributed by atoms with Crippen LogP contribution in [0.15, 0.2) is 303 Å². The SMILES string of the molecule is c1ccc(-c2ccccc2N2c3cc(-n4c5ccccc5c5ccccc54)ccc3B3c4ccc(-c5ccc(-c6ccc7c(c6)sc6ccccc67)cc5)cc4N(c4c(-c5ccccc5)cccc4-c4ccccc4)c4cccc2c43)cc1. The molecule has 2 aromatic heterocycles. The largest absolute Gasteiger partial charge is 0.311 e. The number of para-hydroxylation sites is 4. The smallest absolute Gasteiger partial charge is 0.252 e. The van der Waals surface area contributed by atoms with Gasteiger partial charge in [0, 0.05) is 76.1 Å². The van der Waals surface area contributed by atoms with Crippen molar-refractivity contribution >= 4 is 111 Å². The van der Waals surface area contributed by atoms with E-state index in [0.717, 1.165) is 67.6 Å². The minimum absolute atomic E-state index is 0.112. The predicted molar refractivity (Wildman–Crippen MR) is 355 cm³/mol. The number of hydrogen-bond donors (Lipinski definition) is 0. The molecule has 0 aliphatic carbocycles. The van der Waals surface area contributed by atoms with Gasteiger partial charge in [-0.15, -0.1) is 11.3 Å². The lowest BCUT2D eigenvalue weighted by atomic mass is 9.33. The Kier molecular flexibility index (Phi) is 10.9. The molecule has 0 spiro atoms.